The van der Waals surface area contributed by atoms with E-state index in [1.165, 1.54) is 59.3 Å². The molecule has 3 heteroatoms. The molecular weight excluding hydrogens is 541 g/mol. The molecular formula is C40H24N2S. The summed E-state index contributed by atoms with van der Waals surface area (Å²) in [4.78, 5) is 9.88. The first kappa shape index (κ1) is 24.2. The van der Waals surface area contributed by atoms with E-state index in [1.807, 2.05) is 6.07 Å². The molecule has 0 saturated carbocycles. The zero-order chi connectivity index (χ0) is 28.3. The topological polar surface area (TPSA) is 25.8 Å². The van der Waals surface area contributed by atoms with Crippen molar-refractivity contribution in [1.82, 2.24) is 9.97 Å². The highest BCUT2D eigenvalue weighted by atomic mass is 32.1. The second-order valence-corrected chi connectivity index (χ2v) is 12.0. The fraction of sp³-hybridized carbons (Fsp3) is 0. The highest BCUT2D eigenvalue weighted by Gasteiger charge is 2.20. The summed E-state index contributed by atoms with van der Waals surface area (Å²) < 4.78 is 1.21. The maximum absolute atomic E-state index is 4.98. The maximum atomic E-state index is 4.98. The van der Waals surface area contributed by atoms with Crippen LogP contribution < -0.4 is 0 Å². The zero-order valence-corrected chi connectivity index (χ0v) is 24.0. The van der Waals surface area contributed by atoms with Gasteiger partial charge in [0.1, 0.15) is 5.01 Å². The van der Waals surface area contributed by atoms with Crippen molar-refractivity contribution in [2.24, 2.45) is 0 Å². The molecule has 0 radical (unpaired) electrons. The number of pyridine rings is 1. The summed E-state index contributed by atoms with van der Waals surface area (Å²) in [6, 6.07) is 49.9. The molecule has 9 aromatic rings. The summed E-state index contributed by atoms with van der Waals surface area (Å²) >= 11 is 1.74. The summed E-state index contributed by atoms with van der Waals surface area (Å²) in [5.74, 6) is 0. The van der Waals surface area contributed by atoms with Crippen molar-refractivity contribution >= 4 is 64.8 Å². The second kappa shape index (κ2) is 9.59. The van der Waals surface area contributed by atoms with Crippen molar-refractivity contribution < 1.29 is 0 Å². The van der Waals surface area contributed by atoms with Crippen molar-refractivity contribution in [2.45, 2.75) is 0 Å². The number of nitrogens with zero attached hydrogens (tertiary/aromatic N) is 2. The number of benzene rings is 7. The quantitative estimate of drug-likeness (QED) is 0.158. The summed E-state index contributed by atoms with van der Waals surface area (Å²) in [6.07, 6.45) is 2.08. The molecule has 0 N–H and O–H groups in total. The smallest absolute Gasteiger partial charge is 0.124 e. The largest absolute Gasteiger partial charge is 0.256 e. The average Bonchev–Trinajstić information content (AvgIpc) is 3.52. The van der Waals surface area contributed by atoms with Crippen LogP contribution in [0, 0.1) is 0 Å². The van der Waals surface area contributed by atoms with Gasteiger partial charge in [0, 0.05) is 27.9 Å². The lowest BCUT2D eigenvalue weighted by molar-refractivity contribution is 1.44. The van der Waals surface area contributed by atoms with Crippen LogP contribution >= 0.6 is 11.3 Å². The molecule has 0 saturated heterocycles. The Hall–Kier alpha value is -5.38. The van der Waals surface area contributed by atoms with Crippen molar-refractivity contribution in [3.8, 4) is 32.8 Å². The van der Waals surface area contributed by atoms with E-state index in [4.69, 9.17) is 9.97 Å². The Morgan fingerprint density at radius 3 is 1.88 bits per heavy atom. The molecule has 7 aromatic carbocycles. The van der Waals surface area contributed by atoms with Gasteiger partial charge in [-0.2, -0.15) is 0 Å². The minimum atomic E-state index is 1.00. The van der Waals surface area contributed by atoms with Gasteiger partial charge in [0.2, 0.25) is 0 Å². The van der Waals surface area contributed by atoms with E-state index in [0.717, 1.165) is 27.0 Å². The first-order valence-corrected chi connectivity index (χ1v) is 15.3. The number of thiazole rings is 1. The van der Waals surface area contributed by atoms with Crippen molar-refractivity contribution in [1.29, 1.82) is 0 Å². The monoisotopic (exact) mass is 564 g/mol. The summed E-state index contributed by atoms with van der Waals surface area (Å²) in [5, 5.41) is 9.58. The minimum Gasteiger partial charge on any atom is -0.256 e. The fourth-order valence-corrected chi connectivity index (χ4v) is 7.58. The van der Waals surface area contributed by atoms with E-state index >= 15 is 0 Å². The van der Waals surface area contributed by atoms with Crippen molar-refractivity contribution in [3.63, 3.8) is 0 Å². The van der Waals surface area contributed by atoms with Crippen LogP contribution in [0.25, 0.3) is 86.3 Å². The lowest BCUT2D eigenvalue weighted by atomic mass is 9.84. The molecule has 2 heterocycles. The third-order valence-electron chi connectivity index (χ3n) is 8.53. The number of hydrogen-bond acceptors (Lipinski definition) is 3. The Balaban J connectivity index is 1.37. The predicted octanol–water partition coefficient (Wildman–Crippen LogP) is 11.3. The van der Waals surface area contributed by atoms with E-state index < -0.39 is 0 Å². The Labute approximate surface area is 252 Å². The molecule has 0 atom stereocenters. The van der Waals surface area contributed by atoms with Gasteiger partial charge in [0.15, 0.2) is 0 Å². The molecule has 0 aliphatic carbocycles. The van der Waals surface area contributed by atoms with E-state index in [2.05, 4.69) is 140 Å². The molecule has 9 rings (SSSR count). The van der Waals surface area contributed by atoms with Crippen LogP contribution in [0.2, 0.25) is 0 Å². The molecule has 2 nitrogen and oxygen atoms in total. The van der Waals surface area contributed by atoms with Gasteiger partial charge < -0.3 is 0 Å². The number of rotatable bonds is 3. The molecule has 43 heavy (non-hydrogen) atoms. The number of para-hydroxylation sites is 2. The number of hydrogen-bond donors (Lipinski definition) is 0. The lowest BCUT2D eigenvalue weighted by Gasteiger charge is -2.20. The first-order valence-electron chi connectivity index (χ1n) is 14.5. The fourth-order valence-electron chi connectivity index (χ4n) is 6.61. The molecule has 0 aliphatic rings. The lowest BCUT2D eigenvalue weighted by Crippen LogP contribution is -1.94. The molecule has 0 unspecified atom stereocenters. The van der Waals surface area contributed by atoms with E-state index in [0.29, 0.717) is 0 Å². The Morgan fingerprint density at radius 1 is 0.442 bits per heavy atom. The average molecular weight is 565 g/mol. The Bertz CT molecular complexity index is 2470. The molecule has 2 aromatic heterocycles. The van der Waals surface area contributed by atoms with Gasteiger partial charge in [-0.15, -0.1) is 11.3 Å². The third kappa shape index (κ3) is 3.79. The normalized spacial score (nSPS) is 11.7. The Kier molecular flexibility index (Phi) is 5.40. The van der Waals surface area contributed by atoms with Gasteiger partial charge in [-0.05, 0) is 62.0 Å². The first-order chi connectivity index (χ1) is 21.3. The van der Waals surface area contributed by atoms with E-state index in [1.54, 1.807) is 11.3 Å². The van der Waals surface area contributed by atoms with Crippen molar-refractivity contribution in [2.75, 3.05) is 0 Å². The third-order valence-corrected chi connectivity index (χ3v) is 9.62. The van der Waals surface area contributed by atoms with Crippen LogP contribution in [0.3, 0.4) is 0 Å². The maximum Gasteiger partial charge on any atom is 0.124 e. The molecule has 200 valence electrons. The highest BCUT2D eigenvalue weighted by Crippen LogP contribution is 2.47. The van der Waals surface area contributed by atoms with Crippen LogP contribution in [0.1, 0.15) is 0 Å². The summed E-state index contributed by atoms with van der Waals surface area (Å²) in [7, 11) is 0. The van der Waals surface area contributed by atoms with Gasteiger partial charge >= 0.3 is 0 Å². The SMILES string of the molecule is c1ccc2c(-c3c4ccccc4c(-c4ccc(-c5nc6ccccc6s5)cc4)c4cnc5ccccc5c34)cccc2c1. The predicted molar refractivity (Wildman–Crippen MR) is 184 cm³/mol. The molecule has 0 fully saturated rings. The van der Waals surface area contributed by atoms with Crippen LogP contribution in [-0.2, 0) is 0 Å². The van der Waals surface area contributed by atoms with Crippen LogP contribution in [-0.4, -0.2) is 9.97 Å². The standard InChI is InChI=1S/C40H24N2S/c1-2-12-28-25(10-1)11-9-16-29(28)38-31-14-4-3-13-30(31)37(33-24-41-34-17-6-5-15-32(34)39(33)38)26-20-22-27(23-21-26)40-42-35-18-7-8-19-36(35)43-40/h1-24H. The molecule has 0 spiro atoms. The number of aromatic nitrogens is 2. The molecule has 0 amide bonds. The minimum absolute atomic E-state index is 1.00. The van der Waals surface area contributed by atoms with Gasteiger partial charge in [-0.25, -0.2) is 4.98 Å². The van der Waals surface area contributed by atoms with Gasteiger partial charge in [0.05, 0.1) is 15.7 Å². The highest BCUT2D eigenvalue weighted by molar-refractivity contribution is 7.21. The van der Waals surface area contributed by atoms with Crippen LogP contribution in [0.15, 0.2) is 146 Å². The van der Waals surface area contributed by atoms with Crippen LogP contribution in [0.5, 0.6) is 0 Å². The zero-order valence-electron chi connectivity index (χ0n) is 23.2. The van der Waals surface area contributed by atoms with Crippen LogP contribution in [0.4, 0.5) is 0 Å². The van der Waals surface area contributed by atoms with E-state index in [9.17, 15) is 0 Å². The van der Waals surface area contributed by atoms with Crippen molar-refractivity contribution in [3.05, 3.63) is 146 Å². The Morgan fingerprint density at radius 2 is 1.07 bits per heavy atom. The summed E-state index contributed by atoms with van der Waals surface area (Å²) in [6.45, 7) is 0. The molecule has 0 aliphatic heterocycles. The van der Waals surface area contributed by atoms with E-state index in [-0.39, 0.29) is 0 Å². The second-order valence-electron chi connectivity index (χ2n) is 11.0. The van der Waals surface area contributed by atoms with Gasteiger partial charge in [0.25, 0.3) is 0 Å². The van der Waals surface area contributed by atoms with Gasteiger partial charge in [-0.3, -0.25) is 4.98 Å². The summed E-state index contributed by atoms with van der Waals surface area (Å²) in [5.41, 5.74) is 8.07. The number of fused-ring (bicyclic) bond motifs is 6. The molecule has 0 bridgehead atoms. The van der Waals surface area contributed by atoms with Gasteiger partial charge in [-0.1, -0.05) is 121 Å².